The van der Waals surface area contributed by atoms with Gasteiger partial charge in [-0.25, -0.2) is 0 Å². The molecule has 4 heteroatoms. The minimum absolute atomic E-state index is 0.112. The van der Waals surface area contributed by atoms with E-state index in [2.05, 4.69) is 49.9 Å². The quantitative estimate of drug-likeness (QED) is 0.702. The van der Waals surface area contributed by atoms with Gasteiger partial charge in [0, 0.05) is 25.6 Å². The molecule has 1 aliphatic rings. The molecule has 1 saturated heterocycles. The number of hydrogen-bond donors (Lipinski definition) is 0. The average molecular weight is 347 g/mol. The van der Waals surface area contributed by atoms with Crippen molar-refractivity contribution < 1.29 is 14.3 Å². The van der Waals surface area contributed by atoms with Gasteiger partial charge in [-0.05, 0) is 30.9 Å². The van der Waals surface area contributed by atoms with E-state index in [1.165, 1.54) is 11.1 Å². The number of morpholine rings is 1. The largest absolute Gasteiger partial charge is 0.465 e. The number of carbonyl (C=O) groups excluding carboxylic acids is 1. The summed E-state index contributed by atoms with van der Waals surface area (Å²) in [6.07, 6.45) is 0. The molecule has 0 radical (unpaired) electrons. The molecule has 4 nitrogen and oxygen atoms in total. The molecule has 0 aromatic heterocycles. The van der Waals surface area contributed by atoms with Crippen molar-refractivity contribution in [3.8, 4) is 0 Å². The first-order valence-corrected chi connectivity index (χ1v) is 9.37. The van der Waals surface area contributed by atoms with Gasteiger partial charge < -0.3 is 9.47 Å². The first-order valence-electron chi connectivity index (χ1n) is 9.37. The van der Waals surface area contributed by atoms with Crippen LogP contribution in [0.2, 0.25) is 0 Å². The maximum absolute atomic E-state index is 12.3. The smallest absolute Gasteiger partial charge is 0.311 e. The monoisotopic (exact) mass is 347 g/mol. The Labute approximate surface area is 152 Å². The SMILES string of the molecule is CC(COC(=O)C(C)(C)C(C)C)c1cccc(CN2CCOCC2)c1. The fraction of sp³-hybridized carbons (Fsp3) is 0.667. The molecule has 0 amide bonds. The molecule has 1 aliphatic heterocycles. The molecule has 1 atom stereocenters. The minimum atomic E-state index is -0.447. The third-order valence-electron chi connectivity index (χ3n) is 5.46. The lowest BCUT2D eigenvalue weighted by atomic mass is 9.81. The Hall–Kier alpha value is -1.39. The van der Waals surface area contributed by atoms with Crippen LogP contribution in [0.25, 0.3) is 0 Å². The van der Waals surface area contributed by atoms with Crippen LogP contribution in [-0.4, -0.2) is 43.8 Å². The van der Waals surface area contributed by atoms with Gasteiger partial charge in [0.05, 0.1) is 25.2 Å². The van der Waals surface area contributed by atoms with E-state index in [1.807, 2.05) is 13.8 Å². The summed E-state index contributed by atoms with van der Waals surface area (Å²) in [5.41, 5.74) is 2.08. The Bertz CT molecular complexity index is 562. The molecule has 0 aliphatic carbocycles. The highest BCUT2D eigenvalue weighted by atomic mass is 16.5. The predicted molar refractivity (Wildman–Crippen MR) is 101 cm³/mol. The van der Waals surface area contributed by atoms with Crippen LogP contribution in [0, 0.1) is 11.3 Å². The number of nitrogens with zero attached hydrogens (tertiary/aromatic N) is 1. The van der Waals surface area contributed by atoms with E-state index in [-0.39, 0.29) is 17.8 Å². The number of hydrogen-bond acceptors (Lipinski definition) is 4. The van der Waals surface area contributed by atoms with Gasteiger partial charge in [-0.3, -0.25) is 9.69 Å². The maximum Gasteiger partial charge on any atom is 0.311 e. The Morgan fingerprint density at radius 1 is 1.24 bits per heavy atom. The first kappa shape index (κ1) is 19.9. The molecule has 2 rings (SSSR count). The van der Waals surface area contributed by atoms with Gasteiger partial charge in [-0.2, -0.15) is 0 Å². The van der Waals surface area contributed by atoms with E-state index < -0.39 is 5.41 Å². The second kappa shape index (κ2) is 8.81. The second-order valence-electron chi connectivity index (χ2n) is 8.01. The van der Waals surface area contributed by atoms with Crippen LogP contribution >= 0.6 is 0 Å². The van der Waals surface area contributed by atoms with Gasteiger partial charge in [-0.1, -0.05) is 45.0 Å². The van der Waals surface area contributed by atoms with Gasteiger partial charge in [0.1, 0.15) is 0 Å². The zero-order valence-corrected chi connectivity index (χ0v) is 16.4. The summed E-state index contributed by atoms with van der Waals surface area (Å²) in [5.74, 6) is 0.336. The molecule has 1 unspecified atom stereocenters. The minimum Gasteiger partial charge on any atom is -0.465 e. The lowest BCUT2D eigenvalue weighted by Crippen LogP contribution is -2.35. The van der Waals surface area contributed by atoms with Crippen LogP contribution in [0.4, 0.5) is 0 Å². The highest BCUT2D eigenvalue weighted by Gasteiger charge is 2.33. The Morgan fingerprint density at radius 2 is 1.92 bits per heavy atom. The molecule has 0 spiro atoms. The molecule has 0 N–H and O–H groups in total. The summed E-state index contributed by atoms with van der Waals surface area (Å²) in [7, 11) is 0. The van der Waals surface area contributed by atoms with Gasteiger partial charge in [0.2, 0.25) is 0 Å². The number of benzene rings is 1. The maximum atomic E-state index is 12.3. The van der Waals surface area contributed by atoms with E-state index in [4.69, 9.17) is 9.47 Å². The number of rotatable bonds is 7. The number of esters is 1. The number of carbonyl (C=O) groups is 1. The van der Waals surface area contributed by atoms with Crippen molar-refractivity contribution in [1.82, 2.24) is 4.90 Å². The van der Waals surface area contributed by atoms with Crippen LogP contribution in [0.1, 0.15) is 51.7 Å². The molecule has 0 bridgehead atoms. The van der Waals surface area contributed by atoms with Crippen molar-refractivity contribution in [2.45, 2.75) is 47.1 Å². The summed E-state index contributed by atoms with van der Waals surface area (Å²) in [6, 6.07) is 8.62. The molecule has 1 fully saturated rings. The second-order valence-corrected chi connectivity index (χ2v) is 8.01. The van der Waals surface area contributed by atoms with Crippen molar-refractivity contribution >= 4 is 5.97 Å². The van der Waals surface area contributed by atoms with E-state index >= 15 is 0 Å². The molecule has 1 aromatic carbocycles. The molecule has 1 heterocycles. The summed E-state index contributed by atoms with van der Waals surface area (Å²) in [4.78, 5) is 14.7. The van der Waals surface area contributed by atoms with E-state index in [9.17, 15) is 4.79 Å². The Balaban J connectivity index is 1.92. The zero-order valence-electron chi connectivity index (χ0n) is 16.4. The lowest BCUT2D eigenvalue weighted by Gasteiger charge is -2.28. The zero-order chi connectivity index (χ0) is 18.4. The average Bonchev–Trinajstić information content (AvgIpc) is 2.60. The highest BCUT2D eigenvalue weighted by molar-refractivity contribution is 5.76. The van der Waals surface area contributed by atoms with Crippen molar-refractivity contribution in [3.05, 3.63) is 35.4 Å². The van der Waals surface area contributed by atoms with Crippen LogP contribution in [0.3, 0.4) is 0 Å². The predicted octanol–water partition coefficient (Wildman–Crippen LogP) is 3.85. The van der Waals surface area contributed by atoms with Crippen molar-refractivity contribution in [1.29, 1.82) is 0 Å². The fourth-order valence-corrected chi connectivity index (χ4v) is 2.73. The summed E-state index contributed by atoms with van der Waals surface area (Å²) >= 11 is 0. The van der Waals surface area contributed by atoms with E-state index in [0.29, 0.717) is 6.61 Å². The third-order valence-corrected chi connectivity index (χ3v) is 5.46. The normalized spacial score (nSPS) is 17.5. The van der Waals surface area contributed by atoms with Crippen LogP contribution in [0.15, 0.2) is 24.3 Å². The molecule has 0 saturated carbocycles. The van der Waals surface area contributed by atoms with Crippen molar-refractivity contribution in [3.63, 3.8) is 0 Å². The standard InChI is InChI=1S/C21H33NO3/c1-16(2)21(4,5)20(23)25-15-17(3)19-8-6-7-18(13-19)14-22-9-11-24-12-10-22/h6-8,13,16-17H,9-12,14-15H2,1-5H3. The molecular weight excluding hydrogens is 314 g/mol. The van der Waals surface area contributed by atoms with Gasteiger partial charge in [0.15, 0.2) is 0 Å². The summed E-state index contributed by atoms with van der Waals surface area (Å²) in [6.45, 7) is 15.1. The van der Waals surface area contributed by atoms with Crippen LogP contribution in [0.5, 0.6) is 0 Å². The lowest BCUT2D eigenvalue weighted by molar-refractivity contribution is -0.156. The Morgan fingerprint density at radius 3 is 2.56 bits per heavy atom. The number of ether oxygens (including phenoxy) is 2. The first-order chi connectivity index (χ1) is 11.8. The summed E-state index contributed by atoms with van der Waals surface area (Å²) in [5, 5.41) is 0. The van der Waals surface area contributed by atoms with Crippen molar-refractivity contribution in [2.75, 3.05) is 32.9 Å². The third kappa shape index (κ3) is 5.55. The molecule has 140 valence electrons. The molecular formula is C21H33NO3. The molecule has 25 heavy (non-hydrogen) atoms. The highest BCUT2D eigenvalue weighted by Crippen LogP contribution is 2.28. The molecule has 1 aromatic rings. The fourth-order valence-electron chi connectivity index (χ4n) is 2.73. The van der Waals surface area contributed by atoms with Crippen LogP contribution in [-0.2, 0) is 20.8 Å². The van der Waals surface area contributed by atoms with Gasteiger partial charge in [0.25, 0.3) is 0 Å². The van der Waals surface area contributed by atoms with Gasteiger partial charge in [-0.15, -0.1) is 0 Å². The van der Waals surface area contributed by atoms with E-state index in [1.54, 1.807) is 0 Å². The van der Waals surface area contributed by atoms with E-state index in [0.717, 1.165) is 32.8 Å². The van der Waals surface area contributed by atoms with Gasteiger partial charge >= 0.3 is 5.97 Å². The van der Waals surface area contributed by atoms with Crippen molar-refractivity contribution in [2.24, 2.45) is 11.3 Å². The summed E-state index contributed by atoms with van der Waals surface area (Å²) < 4.78 is 11.0. The topological polar surface area (TPSA) is 38.8 Å². The van der Waals surface area contributed by atoms with Crippen LogP contribution < -0.4 is 0 Å². The Kier molecular flexibility index (Phi) is 7.03.